The van der Waals surface area contributed by atoms with Crippen LogP contribution in [0.4, 0.5) is 0 Å². The van der Waals surface area contributed by atoms with E-state index in [0.29, 0.717) is 30.2 Å². The largest absolute Gasteiger partial charge is 0.493 e. The minimum absolute atomic E-state index is 0.0578. The molecule has 0 bridgehead atoms. The molecule has 0 radical (unpaired) electrons. The molecule has 2 aliphatic heterocycles. The van der Waals surface area contributed by atoms with E-state index < -0.39 is 12.0 Å². The molecule has 12 heteroatoms. The lowest BCUT2D eigenvalue weighted by Crippen LogP contribution is -2.36. The zero-order valence-electron chi connectivity index (χ0n) is 26.7. The first kappa shape index (κ1) is 33.7. The fraction of sp³-hybridized carbons (Fsp3) is 0.500. The van der Waals surface area contributed by atoms with Crippen molar-refractivity contribution in [2.24, 2.45) is 0 Å². The summed E-state index contributed by atoms with van der Waals surface area (Å²) in [5.74, 6) is 0.497. The van der Waals surface area contributed by atoms with Crippen LogP contribution in [0.2, 0.25) is 5.02 Å². The van der Waals surface area contributed by atoms with Gasteiger partial charge in [0.2, 0.25) is 11.8 Å². The molecule has 46 heavy (non-hydrogen) atoms. The first-order valence-corrected chi connectivity index (χ1v) is 16.2. The number of aromatic nitrogens is 2. The van der Waals surface area contributed by atoms with Crippen LogP contribution in [0.3, 0.4) is 0 Å². The average molecular weight is 655 g/mol. The third kappa shape index (κ3) is 8.01. The Hall–Kier alpha value is -3.64. The van der Waals surface area contributed by atoms with Gasteiger partial charge in [0.15, 0.2) is 0 Å². The summed E-state index contributed by atoms with van der Waals surface area (Å²) in [6, 6.07) is 11.3. The number of carbonyl (C=O) groups is 1. The lowest BCUT2D eigenvalue weighted by atomic mass is 9.98. The number of hydrogen-bond donors (Lipinski definition) is 2. The van der Waals surface area contributed by atoms with Gasteiger partial charge in [-0.1, -0.05) is 41.9 Å². The molecule has 1 atom stereocenters. The van der Waals surface area contributed by atoms with Gasteiger partial charge in [0.1, 0.15) is 18.4 Å². The van der Waals surface area contributed by atoms with Crippen LogP contribution in [0.15, 0.2) is 36.4 Å². The van der Waals surface area contributed by atoms with Gasteiger partial charge in [0.05, 0.1) is 37.5 Å². The second-order valence-corrected chi connectivity index (χ2v) is 12.1. The van der Waals surface area contributed by atoms with E-state index in [2.05, 4.69) is 14.9 Å². The summed E-state index contributed by atoms with van der Waals surface area (Å²) in [6.07, 6.45) is 3.81. The molecule has 11 nitrogen and oxygen atoms in total. The maximum atomic E-state index is 11.7. The molecule has 0 unspecified atom stereocenters. The predicted octanol–water partition coefficient (Wildman–Crippen LogP) is 4.98. The number of aliphatic hydroxyl groups excluding tert-OH is 1. The molecule has 0 spiro atoms. The first-order chi connectivity index (χ1) is 22.3. The molecule has 0 aliphatic carbocycles. The predicted molar refractivity (Wildman–Crippen MR) is 174 cm³/mol. The number of likely N-dealkylation sites (tertiary alicyclic amines) is 2. The van der Waals surface area contributed by atoms with Crippen LogP contribution in [0.1, 0.15) is 48.8 Å². The van der Waals surface area contributed by atoms with Crippen molar-refractivity contribution in [3.05, 3.63) is 58.1 Å². The number of aliphatic hydroxyl groups is 1. The molecule has 5 rings (SSSR count). The molecule has 2 aliphatic rings. The van der Waals surface area contributed by atoms with Crippen molar-refractivity contribution in [2.75, 3.05) is 47.0 Å². The maximum absolute atomic E-state index is 11.7. The number of hydrogen-bond acceptors (Lipinski definition) is 10. The minimum atomic E-state index is -0.851. The molecule has 248 valence electrons. The minimum Gasteiger partial charge on any atom is -0.493 e. The molecular weight excluding hydrogens is 612 g/mol. The lowest BCUT2D eigenvalue weighted by molar-refractivity contribution is -0.142. The van der Waals surface area contributed by atoms with Crippen LogP contribution in [0.25, 0.3) is 11.1 Å². The molecule has 1 aromatic heterocycles. The highest BCUT2D eigenvalue weighted by Gasteiger charge is 2.32. The zero-order valence-corrected chi connectivity index (χ0v) is 27.5. The summed E-state index contributed by atoms with van der Waals surface area (Å²) in [6.45, 7) is 6.49. The van der Waals surface area contributed by atoms with E-state index in [1.807, 2.05) is 48.2 Å². The summed E-state index contributed by atoms with van der Waals surface area (Å²) in [7, 11) is 2.99. The van der Waals surface area contributed by atoms with Gasteiger partial charge < -0.3 is 34.1 Å². The topological polar surface area (TPSA) is 127 Å². The van der Waals surface area contributed by atoms with E-state index in [1.54, 1.807) is 0 Å². The van der Waals surface area contributed by atoms with E-state index in [4.69, 9.17) is 30.5 Å². The van der Waals surface area contributed by atoms with E-state index in [1.165, 1.54) is 14.2 Å². The number of nitrogens with zero attached hydrogens (tertiary/aromatic N) is 4. The molecule has 2 aromatic carbocycles. The van der Waals surface area contributed by atoms with Crippen molar-refractivity contribution in [1.82, 2.24) is 19.8 Å². The molecule has 0 amide bonds. The van der Waals surface area contributed by atoms with Crippen LogP contribution in [-0.4, -0.2) is 95.1 Å². The number of piperidine rings is 1. The van der Waals surface area contributed by atoms with Gasteiger partial charge in [-0.05, 0) is 62.8 Å². The van der Waals surface area contributed by atoms with Crippen LogP contribution in [-0.2, 0) is 17.9 Å². The van der Waals surface area contributed by atoms with Gasteiger partial charge in [-0.3, -0.25) is 9.69 Å². The zero-order chi connectivity index (χ0) is 32.6. The fourth-order valence-corrected chi connectivity index (χ4v) is 6.46. The Morgan fingerprint density at radius 2 is 1.67 bits per heavy atom. The Morgan fingerprint density at radius 1 is 0.978 bits per heavy atom. The lowest BCUT2D eigenvalue weighted by Gasteiger charge is -2.29. The number of carboxylic acids is 1. The van der Waals surface area contributed by atoms with Gasteiger partial charge >= 0.3 is 12.0 Å². The molecule has 3 aromatic rings. The van der Waals surface area contributed by atoms with E-state index >= 15 is 0 Å². The molecule has 2 N–H and O–H groups in total. The van der Waals surface area contributed by atoms with Crippen LogP contribution in [0.5, 0.6) is 23.5 Å². The maximum Gasteiger partial charge on any atom is 0.323 e. The Kier molecular flexibility index (Phi) is 11.6. The molecule has 2 saturated heterocycles. The third-order valence-electron chi connectivity index (χ3n) is 8.75. The van der Waals surface area contributed by atoms with E-state index in [0.717, 1.165) is 73.3 Å². The highest BCUT2D eigenvalue weighted by Crippen LogP contribution is 2.37. The normalized spacial score (nSPS) is 17.6. The Labute approximate surface area is 275 Å². The van der Waals surface area contributed by atoms with Gasteiger partial charge in [0, 0.05) is 37.3 Å². The molecule has 0 saturated carbocycles. The molecular formula is C34H43ClN4O7. The van der Waals surface area contributed by atoms with Gasteiger partial charge in [0.25, 0.3) is 0 Å². The summed E-state index contributed by atoms with van der Waals surface area (Å²) < 4.78 is 23.3. The van der Waals surface area contributed by atoms with Crippen LogP contribution in [0, 0.1) is 6.92 Å². The second kappa shape index (κ2) is 15.8. The summed E-state index contributed by atoms with van der Waals surface area (Å²) in [4.78, 5) is 24.8. The SMILES string of the molecule is COc1nc(OCc2cccc(-c3cccc(OCCCN4CCC(O)CC4)c3C)c2Cl)nc(OC)c1CN1CCC[C@H]1C(=O)O. The van der Waals surface area contributed by atoms with Gasteiger partial charge in [-0.25, -0.2) is 0 Å². The monoisotopic (exact) mass is 654 g/mol. The highest BCUT2D eigenvalue weighted by atomic mass is 35.5. The molecule has 3 heterocycles. The number of ether oxygens (including phenoxy) is 4. The van der Waals surface area contributed by atoms with Crippen molar-refractivity contribution in [1.29, 1.82) is 0 Å². The fourth-order valence-electron chi connectivity index (χ4n) is 6.18. The van der Waals surface area contributed by atoms with Crippen molar-refractivity contribution in [3.8, 4) is 34.6 Å². The first-order valence-electron chi connectivity index (χ1n) is 15.8. The number of rotatable bonds is 14. The number of methoxy groups -OCH3 is 2. The van der Waals surface area contributed by atoms with E-state index in [-0.39, 0.29) is 37.0 Å². The Bertz CT molecular complexity index is 1470. The van der Waals surface area contributed by atoms with Crippen LogP contribution >= 0.6 is 11.6 Å². The van der Waals surface area contributed by atoms with Crippen LogP contribution < -0.4 is 18.9 Å². The summed E-state index contributed by atoms with van der Waals surface area (Å²) >= 11 is 6.95. The third-order valence-corrected chi connectivity index (χ3v) is 9.20. The van der Waals surface area contributed by atoms with E-state index in [9.17, 15) is 15.0 Å². The smallest absolute Gasteiger partial charge is 0.323 e. The standard InChI is InChI=1S/C34H43ClN4O7/c1-22-25(9-5-12-29(22)45-19-7-15-38-17-13-24(40)14-18-38)26-10-4-8-23(30(26)35)21-46-34-36-31(43-2)27(32(37-34)44-3)20-39-16-6-11-28(39)33(41)42/h4-5,8-10,12,24,28,40H,6-7,11,13-21H2,1-3H3,(H,41,42)/t28-/m0/s1. The van der Waals surface area contributed by atoms with Crippen molar-refractivity contribution >= 4 is 17.6 Å². The summed E-state index contributed by atoms with van der Waals surface area (Å²) in [5, 5.41) is 19.9. The summed E-state index contributed by atoms with van der Waals surface area (Å²) in [5.41, 5.74) is 4.15. The van der Waals surface area contributed by atoms with Gasteiger partial charge in [-0.2, -0.15) is 9.97 Å². The number of benzene rings is 2. The Balaban J connectivity index is 1.25. The number of halogens is 1. The van der Waals surface area contributed by atoms with Gasteiger partial charge in [-0.15, -0.1) is 0 Å². The van der Waals surface area contributed by atoms with Crippen molar-refractivity contribution in [2.45, 2.75) is 64.3 Å². The second-order valence-electron chi connectivity index (χ2n) is 11.7. The Morgan fingerprint density at radius 3 is 2.37 bits per heavy atom. The average Bonchev–Trinajstić information content (AvgIpc) is 3.53. The highest BCUT2D eigenvalue weighted by molar-refractivity contribution is 6.34. The number of carboxylic acid groups (broad SMARTS) is 1. The van der Waals surface area contributed by atoms with Crippen molar-refractivity contribution in [3.63, 3.8) is 0 Å². The van der Waals surface area contributed by atoms with Crippen molar-refractivity contribution < 1.29 is 34.0 Å². The number of aliphatic carboxylic acids is 1. The quantitative estimate of drug-likeness (QED) is 0.229. The molecule has 2 fully saturated rings.